The molecule has 0 fully saturated rings. The van der Waals surface area contributed by atoms with Crippen molar-refractivity contribution in [1.82, 2.24) is 4.98 Å². The zero-order valence-electron chi connectivity index (χ0n) is 20.0. The number of thiazole rings is 1. The lowest BCUT2D eigenvalue weighted by atomic mass is 10.1. The number of benzene rings is 3. The largest absolute Gasteiger partial charge is 0.493 e. The van der Waals surface area contributed by atoms with Gasteiger partial charge in [-0.3, -0.25) is 0 Å². The van der Waals surface area contributed by atoms with Crippen LogP contribution >= 0.6 is 11.3 Å². The molecule has 4 rings (SSSR count). The van der Waals surface area contributed by atoms with Gasteiger partial charge in [0.2, 0.25) is 0 Å². The second-order valence-electron chi connectivity index (χ2n) is 8.80. The predicted molar refractivity (Wildman–Crippen MR) is 138 cm³/mol. The summed E-state index contributed by atoms with van der Waals surface area (Å²) in [5, 5.41) is 0.850. The fourth-order valence-electron chi connectivity index (χ4n) is 3.30. The van der Waals surface area contributed by atoms with E-state index >= 15 is 0 Å². The van der Waals surface area contributed by atoms with Crippen molar-refractivity contribution in [2.45, 2.75) is 26.4 Å². The molecule has 3 aromatic carbocycles. The van der Waals surface area contributed by atoms with E-state index in [2.05, 4.69) is 11.6 Å². The van der Waals surface area contributed by atoms with Crippen LogP contribution in [-0.2, 0) is 9.53 Å². The fraction of sp³-hybridized carbons (Fsp3) is 0.179. The van der Waals surface area contributed by atoms with Crippen LogP contribution in [0.15, 0.2) is 73.3 Å². The SMILES string of the molecule is C=C(C(=O)OC(C)(C)C)c1ccc(C(=O)Oc2ccc(-c3nc4ccccc4s3)cc2OC)cc1. The highest BCUT2D eigenvalue weighted by Crippen LogP contribution is 2.36. The van der Waals surface area contributed by atoms with Gasteiger partial charge in [0, 0.05) is 5.56 Å². The van der Waals surface area contributed by atoms with E-state index in [1.807, 2.05) is 30.3 Å². The van der Waals surface area contributed by atoms with E-state index in [1.54, 1.807) is 68.5 Å². The van der Waals surface area contributed by atoms with Crippen molar-refractivity contribution in [2.75, 3.05) is 7.11 Å². The van der Waals surface area contributed by atoms with Crippen LogP contribution in [0, 0.1) is 0 Å². The number of methoxy groups -OCH3 is 1. The van der Waals surface area contributed by atoms with Gasteiger partial charge in [0.1, 0.15) is 10.6 Å². The molecule has 0 amide bonds. The maximum Gasteiger partial charge on any atom is 0.343 e. The van der Waals surface area contributed by atoms with E-state index in [4.69, 9.17) is 14.2 Å². The Morgan fingerprint density at radius 1 is 0.914 bits per heavy atom. The van der Waals surface area contributed by atoms with Crippen LogP contribution in [0.5, 0.6) is 11.5 Å². The standard InChI is InChI=1S/C28H25NO5S/c1-17(26(30)34-28(2,3)4)18-10-12-19(13-11-18)27(31)33-22-15-14-20(16-23(22)32-5)25-29-21-8-6-7-9-24(21)35-25/h6-16H,1H2,2-5H3. The number of hydrogen-bond acceptors (Lipinski definition) is 7. The molecule has 0 N–H and O–H groups in total. The molecule has 0 atom stereocenters. The Balaban J connectivity index is 1.49. The van der Waals surface area contributed by atoms with Crippen molar-refractivity contribution in [3.63, 3.8) is 0 Å². The molecule has 0 aliphatic heterocycles. The van der Waals surface area contributed by atoms with Gasteiger partial charge in [-0.15, -0.1) is 11.3 Å². The van der Waals surface area contributed by atoms with Gasteiger partial charge in [-0.2, -0.15) is 0 Å². The summed E-state index contributed by atoms with van der Waals surface area (Å²) >= 11 is 1.58. The highest BCUT2D eigenvalue weighted by molar-refractivity contribution is 7.21. The van der Waals surface area contributed by atoms with Gasteiger partial charge < -0.3 is 14.2 Å². The maximum absolute atomic E-state index is 12.8. The molecule has 0 saturated carbocycles. The van der Waals surface area contributed by atoms with Crippen molar-refractivity contribution in [3.05, 3.63) is 84.4 Å². The number of hydrogen-bond donors (Lipinski definition) is 0. The number of rotatable bonds is 6. The fourth-order valence-corrected chi connectivity index (χ4v) is 4.27. The van der Waals surface area contributed by atoms with Gasteiger partial charge in [-0.05, 0) is 68.8 Å². The Morgan fingerprint density at radius 3 is 2.26 bits per heavy atom. The Morgan fingerprint density at radius 2 is 1.60 bits per heavy atom. The van der Waals surface area contributed by atoms with Gasteiger partial charge in [0.25, 0.3) is 0 Å². The molecule has 7 heteroatoms. The molecular weight excluding hydrogens is 462 g/mol. The third-order valence-corrected chi connectivity index (χ3v) is 6.11. The minimum atomic E-state index is -0.620. The molecule has 1 heterocycles. The summed E-state index contributed by atoms with van der Waals surface area (Å²) in [4.78, 5) is 29.7. The Kier molecular flexibility index (Phi) is 6.71. The van der Waals surface area contributed by atoms with Crippen LogP contribution in [0.2, 0.25) is 0 Å². The molecule has 6 nitrogen and oxygen atoms in total. The average Bonchev–Trinajstić information content (AvgIpc) is 3.27. The van der Waals surface area contributed by atoms with E-state index in [1.165, 1.54) is 7.11 Å². The maximum atomic E-state index is 12.8. The summed E-state index contributed by atoms with van der Waals surface area (Å²) in [5.74, 6) is -0.342. The van der Waals surface area contributed by atoms with E-state index in [0.717, 1.165) is 20.8 Å². The summed E-state index contributed by atoms with van der Waals surface area (Å²) in [7, 11) is 1.52. The minimum absolute atomic E-state index is 0.215. The van der Waals surface area contributed by atoms with Gasteiger partial charge in [-0.25, -0.2) is 14.6 Å². The molecule has 0 aliphatic carbocycles. The first-order valence-electron chi connectivity index (χ1n) is 10.9. The van der Waals surface area contributed by atoms with Crippen LogP contribution in [0.25, 0.3) is 26.4 Å². The van der Waals surface area contributed by atoms with Crippen LogP contribution in [0.4, 0.5) is 0 Å². The number of carbonyl (C=O) groups excluding carboxylic acids is 2. The number of aromatic nitrogens is 1. The molecule has 0 unspecified atom stereocenters. The normalized spacial score (nSPS) is 11.2. The topological polar surface area (TPSA) is 74.7 Å². The number of ether oxygens (including phenoxy) is 3. The Bertz CT molecular complexity index is 1380. The molecular formula is C28H25NO5S. The molecule has 0 saturated heterocycles. The summed E-state index contributed by atoms with van der Waals surface area (Å²) in [6.07, 6.45) is 0. The molecule has 0 bridgehead atoms. The van der Waals surface area contributed by atoms with Crippen molar-refractivity contribution in [1.29, 1.82) is 0 Å². The van der Waals surface area contributed by atoms with Gasteiger partial charge in [-0.1, -0.05) is 30.8 Å². The third kappa shape index (κ3) is 5.58. The van der Waals surface area contributed by atoms with Crippen molar-refractivity contribution in [3.8, 4) is 22.1 Å². The summed E-state index contributed by atoms with van der Waals surface area (Å²) in [6, 6.07) is 19.7. The second-order valence-corrected chi connectivity index (χ2v) is 9.83. The van der Waals surface area contributed by atoms with E-state index in [-0.39, 0.29) is 5.57 Å². The van der Waals surface area contributed by atoms with Crippen molar-refractivity contribution >= 4 is 39.1 Å². The predicted octanol–water partition coefficient (Wildman–Crippen LogP) is 6.55. The number of nitrogens with zero attached hydrogens (tertiary/aromatic N) is 1. The lowest BCUT2D eigenvalue weighted by Gasteiger charge is -2.20. The molecule has 178 valence electrons. The lowest BCUT2D eigenvalue weighted by Crippen LogP contribution is -2.24. The van der Waals surface area contributed by atoms with Crippen LogP contribution < -0.4 is 9.47 Å². The first-order valence-corrected chi connectivity index (χ1v) is 11.7. The Hall–Kier alpha value is -3.97. The highest BCUT2D eigenvalue weighted by atomic mass is 32.1. The number of esters is 2. The van der Waals surface area contributed by atoms with Gasteiger partial charge in [0.05, 0.1) is 28.5 Å². The lowest BCUT2D eigenvalue weighted by molar-refractivity contribution is -0.147. The molecule has 4 aromatic rings. The first-order chi connectivity index (χ1) is 16.6. The van der Waals surface area contributed by atoms with Gasteiger partial charge >= 0.3 is 11.9 Å². The van der Waals surface area contributed by atoms with E-state index in [0.29, 0.717) is 22.6 Å². The molecule has 0 radical (unpaired) electrons. The van der Waals surface area contributed by atoms with Crippen LogP contribution in [0.3, 0.4) is 0 Å². The quantitative estimate of drug-likeness (QED) is 0.174. The smallest absolute Gasteiger partial charge is 0.343 e. The van der Waals surface area contributed by atoms with Crippen molar-refractivity contribution in [2.24, 2.45) is 0 Å². The number of carbonyl (C=O) groups is 2. The number of fused-ring (bicyclic) bond motifs is 1. The van der Waals surface area contributed by atoms with Crippen LogP contribution in [0.1, 0.15) is 36.7 Å². The molecule has 0 aliphatic rings. The zero-order valence-corrected chi connectivity index (χ0v) is 20.8. The summed E-state index contributed by atoms with van der Waals surface area (Å²) < 4.78 is 17.5. The van der Waals surface area contributed by atoms with Crippen molar-refractivity contribution < 1.29 is 23.8 Å². The Labute approximate surface area is 207 Å². The highest BCUT2D eigenvalue weighted by Gasteiger charge is 2.20. The average molecular weight is 488 g/mol. The molecule has 0 spiro atoms. The third-order valence-electron chi connectivity index (χ3n) is 5.02. The minimum Gasteiger partial charge on any atom is -0.493 e. The van der Waals surface area contributed by atoms with Gasteiger partial charge in [0.15, 0.2) is 11.5 Å². The zero-order chi connectivity index (χ0) is 25.2. The number of para-hydroxylation sites is 1. The molecule has 35 heavy (non-hydrogen) atoms. The second kappa shape index (κ2) is 9.72. The molecule has 1 aromatic heterocycles. The van der Waals surface area contributed by atoms with E-state index < -0.39 is 17.5 Å². The van der Waals surface area contributed by atoms with Crippen LogP contribution in [-0.4, -0.2) is 29.6 Å². The van der Waals surface area contributed by atoms with E-state index in [9.17, 15) is 9.59 Å². The summed E-state index contributed by atoms with van der Waals surface area (Å²) in [6.45, 7) is 9.18. The summed E-state index contributed by atoms with van der Waals surface area (Å²) in [5.41, 5.74) is 2.28. The first kappa shape index (κ1) is 24.2. The monoisotopic (exact) mass is 487 g/mol.